The Labute approximate surface area is 113 Å². The van der Waals surface area contributed by atoms with Crippen molar-refractivity contribution in [2.45, 2.75) is 19.3 Å². The maximum absolute atomic E-state index is 11.3. The van der Waals surface area contributed by atoms with E-state index in [0.29, 0.717) is 12.1 Å². The molecule has 0 saturated heterocycles. The van der Waals surface area contributed by atoms with Crippen molar-refractivity contribution in [1.82, 2.24) is 0 Å². The zero-order valence-corrected chi connectivity index (χ0v) is 12.1. The molecule has 1 radical (unpaired) electrons. The summed E-state index contributed by atoms with van der Waals surface area (Å²) >= 11 is 0. The second-order valence-corrected chi connectivity index (χ2v) is 3.15. The second kappa shape index (κ2) is 4.57. The number of hydrogen-bond donors (Lipinski definition) is 0. The predicted molar refractivity (Wildman–Crippen MR) is 47.7 cm³/mol. The summed E-state index contributed by atoms with van der Waals surface area (Å²) in [5.74, 6) is 0.233. The number of hydrogen-bond acceptors (Lipinski definition) is 1. The molecule has 13 heavy (non-hydrogen) atoms. The Kier molecular flexibility index (Phi) is 3.94. The molecule has 0 aromatic heterocycles. The molecule has 2 rings (SSSR count). The molecule has 0 amide bonds. The molecule has 3 heteroatoms. The average Bonchev–Trinajstić information content (AvgIpc) is 2.04. The fourth-order valence-electron chi connectivity index (χ4n) is 1.65. The number of carbonyl (C=O) groups is 1. The molecule has 0 spiro atoms. The largest absolute Gasteiger partial charge is 0.699 e. The van der Waals surface area contributed by atoms with Crippen molar-refractivity contribution < 1.29 is 48.9 Å². The van der Waals surface area contributed by atoms with E-state index in [-0.39, 0.29) is 49.8 Å². The van der Waals surface area contributed by atoms with Gasteiger partial charge < -0.3 is 5.73 Å². The van der Waals surface area contributed by atoms with Gasteiger partial charge >= 0.3 is 0 Å². The van der Waals surface area contributed by atoms with Crippen molar-refractivity contribution in [3.05, 3.63) is 35.1 Å². The maximum Gasteiger partial charge on any atom is 0.163 e. The Morgan fingerprint density at radius 2 is 2.00 bits per heavy atom. The third-order valence-corrected chi connectivity index (χ3v) is 2.26. The van der Waals surface area contributed by atoms with Crippen LogP contribution in [0.5, 0.6) is 0 Å². The van der Waals surface area contributed by atoms with Crippen LogP contribution < -0.4 is 0 Å². The molecule has 0 fully saturated rings. The van der Waals surface area contributed by atoms with Crippen LogP contribution in [-0.2, 0) is 6.42 Å². The van der Waals surface area contributed by atoms with Gasteiger partial charge in [0.1, 0.15) is 0 Å². The van der Waals surface area contributed by atoms with E-state index in [2.05, 4.69) is 0 Å². The molecule has 2 nitrogen and oxygen atoms in total. The van der Waals surface area contributed by atoms with Gasteiger partial charge in [-0.15, -0.1) is 5.69 Å². The van der Waals surface area contributed by atoms with Gasteiger partial charge in [0.05, 0.1) is 0 Å². The quantitative estimate of drug-likeness (QED) is 0.675. The van der Waals surface area contributed by atoms with Gasteiger partial charge in [-0.1, -0.05) is 18.2 Å². The molecule has 0 bridgehead atoms. The topological polar surface area (TPSA) is 40.9 Å². The van der Waals surface area contributed by atoms with Crippen LogP contribution in [0.4, 0.5) is 5.69 Å². The van der Waals surface area contributed by atoms with Gasteiger partial charge in [-0.25, -0.2) is 0 Å². The zero-order valence-electron chi connectivity index (χ0n) is 7.34. The van der Waals surface area contributed by atoms with Crippen molar-refractivity contribution in [3.8, 4) is 0 Å². The Morgan fingerprint density at radius 1 is 1.23 bits per heavy atom. The summed E-state index contributed by atoms with van der Waals surface area (Å²) in [7, 11) is 0. The van der Waals surface area contributed by atoms with Crippen LogP contribution in [0.3, 0.4) is 0 Å². The number of aryl methyl sites for hydroxylation is 1. The first-order valence-corrected chi connectivity index (χ1v) is 4.15. The first-order chi connectivity index (χ1) is 5.77. The number of carbonyl (C=O) groups excluding carboxylic acids is 1. The van der Waals surface area contributed by atoms with Gasteiger partial charge in [-0.05, 0) is 18.4 Å². The molecule has 65 valence electrons. The summed E-state index contributed by atoms with van der Waals surface area (Å²) in [5.41, 5.74) is 9.78. The molecular formula is C10H10AcNO-. The average molecular weight is 387 g/mol. The van der Waals surface area contributed by atoms with Crippen molar-refractivity contribution >= 4 is 11.5 Å². The summed E-state index contributed by atoms with van der Waals surface area (Å²) in [6, 6.07) is 5.26. The van der Waals surface area contributed by atoms with E-state index in [0.717, 1.165) is 24.0 Å². The van der Waals surface area contributed by atoms with E-state index in [4.69, 9.17) is 5.73 Å². The molecule has 1 aliphatic carbocycles. The van der Waals surface area contributed by atoms with Crippen LogP contribution in [0.25, 0.3) is 5.73 Å². The molecule has 1 aliphatic rings. The van der Waals surface area contributed by atoms with E-state index in [9.17, 15) is 4.79 Å². The van der Waals surface area contributed by atoms with E-state index in [1.54, 1.807) is 18.2 Å². The molecule has 0 heterocycles. The summed E-state index contributed by atoms with van der Waals surface area (Å²) in [6.45, 7) is 0. The minimum atomic E-state index is 0. The molecule has 0 saturated carbocycles. The van der Waals surface area contributed by atoms with Crippen LogP contribution in [0, 0.1) is 44.1 Å². The summed E-state index contributed by atoms with van der Waals surface area (Å²) in [4.78, 5) is 11.3. The SMILES string of the molecule is [Ac].[NH-]c1ccc2c(c1)CCCC2=O. The molecule has 0 aliphatic heterocycles. The maximum atomic E-state index is 11.3. The molecular weight excluding hydrogens is 377 g/mol. The van der Waals surface area contributed by atoms with Crippen molar-refractivity contribution in [2.24, 2.45) is 0 Å². The Morgan fingerprint density at radius 3 is 2.77 bits per heavy atom. The summed E-state index contributed by atoms with van der Waals surface area (Å²) < 4.78 is 0. The zero-order chi connectivity index (χ0) is 8.55. The molecule has 1 aromatic carbocycles. The van der Waals surface area contributed by atoms with Crippen LogP contribution in [0.2, 0.25) is 0 Å². The van der Waals surface area contributed by atoms with Crippen LogP contribution >= 0.6 is 0 Å². The molecule has 1 aromatic rings. The third-order valence-electron chi connectivity index (χ3n) is 2.26. The van der Waals surface area contributed by atoms with E-state index < -0.39 is 0 Å². The Balaban J connectivity index is 0.000000845. The van der Waals surface area contributed by atoms with Gasteiger partial charge in [-0.2, -0.15) is 0 Å². The minimum Gasteiger partial charge on any atom is -0.699 e. The second-order valence-electron chi connectivity index (χ2n) is 3.15. The van der Waals surface area contributed by atoms with E-state index >= 15 is 0 Å². The normalized spacial score (nSPS) is 14.6. The number of Topliss-reactive ketones (excluding diaryl/α,β-unsaturated/α-hetero) is 1. The van der Waals surface area contributed by atoms with Gasteiger partial charge in [0.25, 0.3) is 0 Å². The monoisotopic (exact) mass is 387 g/mol. The van der Waals surface area contributed by atoms with Crippen LogP contribution in [-0.4, -0.2) is 5.78 Å². The summed E-state index contributed by atoms with van der Waals surface area (Å²) in [5, 5.41) is 0. The van der Waals surface area contributed by atoms with Gasteiger partial charge in [0.15, 0.2) is 5.78 Å². The molecule has 0 atom stereocenters. The molecule has 0 unspecified atom stereocenters. The Hall–Kier alpha value is 0.132. The summed E-state index contributed by atoms with van der Waals surface area (Å²) in [6.07, 6.45) is 2.56. The van der Waals surface area contributed by atoms with Crippen molar-refractivity contribution in [2.75, 3.05) is 0 Å². The van der Waals surface area contributed by atoms with Crippen LogP contribution in [0.15, 0.2) is 18.2 Å². The smallest absolute Gasteiger partial charge is 0.163 e. The fraction of sp³-hybridized carbons (Fsp3) is 0.300. The van der Waals surface area contributed by atoms with Crippen molar-refractivity contribution in [1.29, 1.82) is 0 Å². The van der Waals surface area contributed by atoms with Gasteiger partial charge in [0.2, 0.25) is 0 Å². The van der Waals surface area contributed by atoms with Gasteiger partial charge in [-0.3, -0.25) is 4.79 Å². The number of benzene rings is 1. The fourth-order valence-corrected chi connectivity index (χ4v) is 1.65. The first-order valence-electron chi connectivity index (χ1n) is 4.15. The third kappa shape index (κ3) is 2.33. The van der Waals surface area contributed by atoms with Gasteiger partial charge in [0, 0.05) is 56.0 Å². The van der Waals surface area contributed by atoms with Crippen LogP contribution in [0.1, 0.15) is 28.8 Å². The Bertz CT molecular complexity index is 336. The first kappa shape index (κ1) is 11.2. The van der Waals surface area contributed by atoms with Crippen molar-refractivity contribution in [3.63, 3.8) is 0 Å². The number of ketones is 1. The van der Waals surface area contributed by atoms with E-state index in [1.807, 2.05) is 0 Å². The molecule has 1 N–H and O–H groups in total. The van der Waals surface area contributed by atoms with E-state index in [1.165, 1.54) is 0 Å². The number of fused-ring (bicyclic) bond motifs is 1. The minimum absolute atomic E-state index is 0. The number of nitrogens with one attached hydrogen (secondary N) is 1. The number of rotatable bonds is 0. The standard InChI is InChI=1S/C10H11NO.Ac/c11-8-4-5-9-7(6-8)2-1-3-10(9)12;/h4-6H,1-3H2,(H2,11,12);/p-1. The predicted octanol–water partition coefficient (Wildman–Crippen LogP) is 2.89.